The van der Waals surface area contributed by atoms with Crippen LogP contribution in [-0.4, -0.2) is 29.7 Å². The van der Waals surface area contributed by atoms with Gasteiger partial charge in [-0.1, -0.05) is 23.7 Å². The van der Waals surface area contributed by atoms with E-state index < -0.39 is 10.0 Å². The number of methoxy groups -OCH3 is 3. The molecule has 24 heavy (non-hydrogen) atoms. The standard InChI is InChI=1S/C16H18ClNO5S/c1-21-13-9-15(23-3)14(22-2)8-11(13)10-18-24(19,20)16-7-5-4-6-12(16)17/h4-9,18H,10H2,1-3H3. The highest BCUT2D eigenvalue weighted by molar-refractivity contribution is 7.89. The van der Waals surface area contributed by atoms with Gasteiger partial charge in [-0.05, 0) is 18.2 Å². The van der Waals surface area contributed by atoms with Gasteiger partial charge in [0.1, 0.15) is 10.6 Å². The van der Waals surface area contributed by atoms with E-state index in [2.05, 4.69) is 4.72 Å². The van der Waals surface area contributed by atoms with Gasteiger partial charge in [-0.15, -0.1) is 0 Å². The van der Waals surface area contributed by atoms with Crippen LogP contribution in [0.25, 0.3) is 0 Å². The maximum Gasteiger partial charge on any atom is 0.242 e. The monoisotopic (exact) mass is 371 g/mol. The molecule has 130 valence electrons. The lowest BCUT2D eigenvalue weighted by molar-refractivity contribution is 0.347. The maximum absolute atomic E-state index is 12.4. The molecule has 0 aromatic heterocycles. The van der Waals surface area contributed by atoms with Crippen LogP contribution in [0.5, 0.6) is 17.2 Å². The van der Waals surface area contributed by atoms with Gasteiger partial charge in [-0.2, -0.15) is 0 Å². The van der Waals surface area contributed by atoms with Crippen molar-refractivity contribution in [3.05, 3.63) is 47.0 Å². The zero-order valence-electron chi connectivity index (χ0n) is 13.5. The van der Waals surface area contributed by atoms with Crippen molar-refractivity contribution in [3.63, 3.8) is 0 Å². The van der Waals surface area contributed by atoms with E-state index in [0.717, 1.165) is 0 Å². The minimum Gasteiger partial charge on any atom is -0.496 e. The van der Waals surface area contributed by atoms with E-state index in [4.69, 9.17) is 25.8 Å². The zero-order chi connectivity index (χ0) is 17.7. The fraction of sp³-hybridized carbons (Fsp3) is 0.250. The van der Waals surface area contributed by atoms with E-state index in [9.17, 15) is 8.42 Å². The summed E-state index contributed by atoms with van der Waals surface area (Å²) in [5.74, 6) is 1.45. The largest absolute Gasteiger partial charge is 0.496 e. The van der Waals surface area contributed by atoms with Crippen molar-refractivity contribution in [1.82, 2.24) is 4.72 Å². The van der Waals surface area contributed by atoms with Crippen LogP contribution in [0.2, 0.25) is 5.02 Å². The first kappa shape index (κ1) is 18.4. The second kappa shape index (κ2) is 7.74. The van der Waals surface area contributed by atoms with Crippen LogP contribution in [0.4, 0.5) is 0 Å². The molecular weight excluding hydrogens is 354 g/mol. The van der Waals surface area contributed by atoms with Crippen molar-refractivity contribution in [1.29, 1.82) is 0 Å². The molecule has 0 atom stereocenters. The molecule has 2 rings (SSSR count). The number of halogens is 1. The number of ether oxygens (including phenoxy) is 3. The van der Waals surface area contributed by atoms with Crippen LogP contribution < -0.4 is 18.9 Å². The van der Waals surface area contributed by atoms with Gasteiger partial charge in [0.25, 0.3) is 0 Å². The third-order valence-electron chi connectivity index (χ3n) is 3.37. The SMILES string of the molecule is COc1cc(OC)c(OC)cc1CNS(=O)(=O)c1ccccc1Cl. The number of nitrogens with one attached hydrogen (secondary N) is 1. The Hall–Kier alpha value is -1.96. The topological polar surface area (TPSA) is 73.9 Å². The van der Waals surface area contributed by atoms with Crippen molar-refractivity contribution < 1.29 is 22.6 Å². The highest BCUT2D eigenvalue weighted by Crippen LogP contribution is 2.34. The van der Waals surface area contributed by atoms with Gasteiger partial charge in [-0.25, -0.2) is 13.1 Å². The van der Waals surface area contributed by atoms with E-state index >= 15 is 0 Å². The molecule has 0 unspecified atom stereocenters. The van der Waals surface area contributed by atoms with Crippen molar-refractivity contribution in [2.24, 2.45) is 0 Å². The average molecular weight is 372 g/mol. The molecule has 1 N–H and O–H groups in total. The molecule has 0 saturated carbocycles. The summed E-state index contributed by atoms with van der Waals surface area (Å²) >= 11 is 5.96. The summed E-state index contributed by atoms with van der Waals surface area (Å²) in [6.07, 6.45) is 0. The zero-order valence-corrected chi connectivity index (χ0v) is 15.1. The summed E-state index contributed by atoms with van der Waals surface area (Å²) in [5, 5.41) is 0.157. The Morgan fingerprint density at radius 3 is 2.12 bits per heavy atom. The van der Waals surface area contributed by atoms with Crippen molar-refractivity contribution in [3.8, 4) is 17.2 Å². The molecule has 0 aliphatic rings. The Kier molecular flexibility index (Phi) is 5.93. The Morgan fingerprint density at radius 1 is 0.958 bits per heavy atom. The molecule has 0 fully saturated rings. The first-order chi connectivity index (χ1) is 11.4. The van der Waals surface area contributed by atoms with Gasteiger partial charge in [0.2, 0.25) is 10.0 Å². The fourth-order valence-electron chi connectivity index (χ4n) is 2.14. The molecular formula is C16H18ClNO5S. The minimum absolute atomic E-state index is 0.0110. The first-order valence-corrected chi connectivity index (χ1v) is 8.82. The molecule has 0 saturated heterocycles. The summed E-state index contributed by atoms with van der Waals surface area (Å²) in [7, 11) is 0.747. The summed E-state index contributed by atoms with van der Waals surface area (Å²) < 4.78 is 43.1. The van der Waals surface area contributed by atoms with E-state index in [1.54, 1.807) is 24.3 Å². The van der Waals surface area contributed by atoms with Gasteiger partial charge in [0.05, 0.1) is 26.4 Å². The summed E-state index contributed by atoms with van der Waals surface area (Å²) in [5.41, 5.74) is 0.603. The predicted octanol–water partition coefficient (Wildman–Crippen LogP) is 2.84. The minimum atomic E-state index is -3.76. The molecule has 0 aliphatic carbocycles. The van der Waals surface area contributed by atoms with Crippen LogP contribution in [0, 0.1) is 0 Å². The highest BCUT2D eigenvalue weighted by atomic mass is 35.5. The Bertz CT molecular complexity index is 823. The number of hydrogen-bond acceptors (Lipinski definition) is 5. The van der Waals surface area contributed by atoms with Crippen molar-refractivity contribution in [2.75, 3.05) is 21.3 Å². The van der Waals surface area contributed by atoms with Crippen LogP contribution in [0.15, 0.2) is 41.3 Å². The molecule has 2 aromatic carbocycles. The predicted molar refractivity (Wildman–Crippen MR) is 91.6 cm³/mol. The molecule has 0 spiro atoms. The Labute approximate surface area is 146 Å². The van der Waals surface area contributed by atoms with Crippen molar-refractivity contribution in [2.45, 2.75) is 11.4 Å². The van der Waals surface area contributed by atoms with Crippen LogP contribution >= 0.6 is 11.6 Å². The maximum atomic E-state index is 12.4. The van der Waals surface area contributed by atoms with Crippen LogP contribution in [0.3, 0.4) is 0 Å². The van der Waals surface area contributed by atoms with Gasteiger partial charge in [0.15, 0.2) is 11.5 Å². The fourth-order valence-corrected chi connectivity index (χ4v) is 3.67. The molecule has 0 aliphatic heterocycles. The van der Waals surface area contributed by atoms with E-state index in [1.165, 1.54) is 33.5 Å². The second-order valence-corrected chi connectivity index (χ2v) is 6.92. The third kappa shape index (κ3) is 3.92. The second-order valence-electron chi connectivity index (χ2n) is 4.77. The van der Waals surface area contributed by atoms with E-state index in [1.807, 2.05) is 0 Å². The summed E-state index contributed by atoms with van der Waals surface area (Å²) in [4.78, 5) is 0.0195. The Morgan fingerprint density at radius 2 is 1.54 bits per heavy atom. The van der Waals surface area contributed by atoms with Gasteiger partial charge in [0, 0.05) is 18.2 Å². The number of sulfonamides is 1. The highest BCUT2D eigenvalue weighted by Gasteiger charge is 2.19. The summed E-state index contributed by atoms with van der Waals surface area (Å²) in [6, 6.07) is 9.53. The molecule has 6 nitrogen and oxygen atoms in total. The van der Waals surface area contributed by atoms with E-state index in [0.29, 0.717) is 22.8 Å². The summed E-state index contributed by atoms with van der Waals surface area (Å²) in [6.45, 7) is 0.0110. The van der Waals surface area contributed by atoms with Crippen LogP contribution in [-0.2, 0) is 16.6 Å². The smallest absolute Gasteiger partial charge is 0.242 e. The molecule has 0 amide bonds. The van der Waals surface area contributed by atoms with Crippen LogP contribution in [0.1, 0.15) is 5.56 Å². The number of rotatable bonds is 7. The normalized spacial score (nSPS) is 11.2. The molecule has 0 bridgehead atoms. The van der Waals surface area contributed by atoms with Gasteiger partial charge >= 0.3 is 0 Å². The molecule has 0 radical (unpaired) electrons. The number of benzene rings is 2. The first-order valence-electron chi connectivity index (χ1n) is 6.96. The average Bonchev–Trinajstić information content (AvgIpc) is 2.59. The van der Waals surface area contributed by atoms with E-state index in [-0.39, 0.29) is 16.5 Å². The lowest BCUT2D eigenvalue weighted by atomic mass is 10.1. The molecule has 0 heterocycles. The molecule has 2 aromatic rings. The van der Waals surface area contributed by atoms with Gasteiger partial charge in [-0.3, -0.25) is 0 Å². The Balaban J connectivity index is 2.30. The lowest BCUT2D eigenvalue weighted by Gasteiger charge is -2.15. The lowest BCUT2D eigenvalue weighted by Crippen LogP contribution is -2.23. The van der Waals surface area contributed by atoms with Crippen molar-refractivity contribution >= 4 is 21.6 Å². The third-order valence-corrected chi connectivity index (χ3v) is 5.27. The van der Waals surface area contributed by atoms with Gasteiger partial charge < -0.3 is 14.2 Å². The quantitative estimate of drug-likeness (QED) is 0.810. The molecule has 8 heteroatoms. The number of hydrogen-bond donors (Lipinski definition) is 1.